The second-order valence-corrected chi connectivity index (χ2v) is 6.32. The zero-order chi connectivity index (χ0) is 13.8. The molecule has 6 heteroatoms. The third-order valence-electron chi connectivity index (χ3n) is 2.55. The Bertz CT molecular complexity index is 511. The van der Waals surface area contributed by atoms with Crippen LogP contribution < -0.4 is 0 Å². The first kappa shape index (κ1) is 15.0. The van der Waals surface area contributed by atoms with E-state index in [0.717, 1.165) is 9.87 Å². The number of benzene rings is 1. The molecule has 0 radical (unpaired) electrons. The lowest BCUT2D eigenvalue weighted by atomic mass is 10.2. The van der Waals surface area contributed by atoms with Crippen LogP contribution in [-0.4, -0.2) is 31.6 Å². The minimum atomic E-state index is -3.74. The van der Waals surface area contributed by atoms with Crippen LogP contribution >= 0.6 is 11.6 Å². The average molecular weight is 290 g/mol. The second kappa shape index (κ2) is 6.20. The van der Waals surface area contributed by atoms with E-state index in [9.17, 15) is 13.2 Å². The van der Waals surface area contributed by atoms with Crippen molar-refractivity contribution in [2.45, 2.75) is 24.7 Å². The lowest BCUT2D eigenvalue weighted by molar-refractivity contribution is -0.125. The molecule has 4 nitrogen and oxygen atoms in total. The van der Waals surface area contributed by atoms with Crippen LogP contribution in [0.15, 0.2) is 29.2 Å². The van der Waals surface area contributed by atoms with Crippen LogP contribution in [0.3, 0.4) is 0 Å². The molecule has 1 aromatic carbocycles. The van der Waals surface area contributed by atoms with Crippen molar-refractivity contribution in [1.82, 2.24) is 4.31 Å². The van der Waals surface area contributed by atoms with Crippen LogP contribution in [0.5, 0.6) is 0 Å². The molecule has 0 aromatic heterocycles. The number of hydrogen-bond acceptors (Lipinski definition) is 3. The van der Waals surface area contributed by atoms with Crippen molar-refractivity contribution in [1.29, 1.82) is 0 Å². The SMILES string of the molecule is Cc1ccc(S(=O)(=O)N(C)C(=O)CCCCl)cc1. The lowest BCUT2D eigenvalue weighted by Crippen LogP contribution is -2.33. The average Bonchev–Trinajstić information content (AvgIpc) is 2.35. The van der Waals surface area contributed by atoms with Crippen LogP contribution in [0.1, 0.15) is 18.4 Å². The number of aryl methyl sites for hydroxylation is 1. The predicted molar refractivity (Wildman–Crippen MR) is 71.1 cm³/mol. The standard InChI is InChI=1S/C12H16ClNO3S/c1-10-5-7-11(8-6-10)18(16,17)14(2)12(15)4-3-9-13/h5-8H,3-4,9H2,1-2H3. The van der Waals surface area contributed by atoms with Crippen molar-refractivity contribution < 1.29 is 13.2 Å². The summed E-state index contributed by atoms with van der Waals surface area (Å²) in [7, 11) is -2.48. The van der Waals surface area contributed by atoms with Gasteiger partial charge in [0.1, 0.15) is 0 Å². The highest BCUT2D eigenvalue weighted by Gasteiger charge is 2.24. The van der Waals surface area contributed by atoms with Gasteiger partial charge in [0.05, 0.1) is 4.90 Å². The van der Waals surface area contributed by atoms with Crippen molar-refractivity contribution in [3.05, 3.63) is 29.8 Å². The quantitative estimate of drug-likeness (QED) is 0.781. The fourth-order valence-corrected chi connectivity index (χ4v) is 2.67. The first-order valence-corrected chi connectivity index (χ1v) is 7.51. The number of nitrogens with zero attached hydrogens (tertiary/aromatic N) is 1. The van der Waals surface area contributed by atoms with Gasteiger partial charge in [-0.25, -0.2) is 12.7 Å². The Morgan fingerprint density at radius 3 is 2.33 bits per heavy atom. The van der Waals surface area contributed by atoms with Gasteiger partial charge in [-0.3, -0.25) is 4.79 Å². The van der Waals surface area contributed by atoms with Gasteiger partial charge in [0.15, 0.2) is 0 Å². The smallest absolute Gasteiger partial charge is 0.266 e. The van der Waals surface area contributed by atoms with Crippen molar-refractivity contribution in [2.75, 3.05) is 12.9 Å². The summed E-state index contributed by atoms with van der Waals surface area (Å²) in [6, 6.07) is 6.39. The van der Waals surface area contributed by atoms with E-state index in [-0.39, 0.29) is 11.3 Å². The minimum absolute atomic E-state index is 0.120. The van der Waals surface area contributed by atoms with Crippen LogP contribution in [0.4, 0.5) is 0 Å². The molecule has 0 saturated heterocycles. The summed E-state index contributed by atoms with van der Waals surface area (Å²) in [5.41, 5.74) is 0.963. The van der Waals surface area contributed by atoms with Crippen molar-refractivity contribution >= 4 is 27.5 Å². The number of amides is 1. The van der Waals surface area contributed by atoms with Crippen LogP contribution in [-0.2, 0) is 14.8 Å². The summed E-state index contributed by atoms with van der Waals surface area (Å²) in [4.78, 5) is 11.8. The molecule has 18 heavy (non-hydrogen) atoms. The van der Waals surface area contributed by atoms with E-state index in [2.05, 4.69) is 0 Å². The Morgan fingerprint density at radius 1 is 1.28 bits per heavy atom. The molecule has 0 spiro atoms. The summed E-state index contributed by atoms with van der Waals surface area (Å²) in [6.07, 6.45) is 0.596. The number of carbonyl (C=O) groups excluding carboxylic acids is 1. The van der Waals surface area contributed by atoms with E-state index >= 15 is 0 Å². The Hall–Kier alpha value is -1.07. The molecule has 0 aliphatic rings. The molecular weight excluding hydrogens is 274 g/mol. The molecule has 1 rings (SSSR count). The Kier molecular flexibility index (Phi) is 5.16. The molecule has 1 aromatic rings. The van der Waals surface area contributed by atoms with Gasteiger partial charge in [0.2, 0.25) is 5.91 Å². The van der Waals surface area contributed by atoms with E-state index in [0.29, 0.717) is 12.3 Å². The molecule has 1 amide bonds. The van der Waals surface area contributed by atoms with E-state index < -0.39 is 15.9 Å². The monoisotopic (exact) mass is 289 g/mol. The Morgan fingerprint density at radius 2 is 1.83 bits per heavy atom. The highest BCUT2D eigenvalue weighted by Crippen LogP contribution is 2.16. The fraction of sp³-hybridized carbons (Fsp3) is 0.417. The van der Waals surface area contributed by atoms with Crippen LogP contribution in [0.2, 0.25) is 0 Å². The van der Waals surface area contributed by atoms with Crippen molar-refractivity contribution in [3.8, 4) is 0 Å². The number of sulfonamides is 1. The molecule has 0 saturated carbocycles. The molecular formula is C12H16ClNO3S. The normalized spacial score (nSPS) is 11.3. The van der Waals surface area contributed by atoms with Gasteiger partial charge in [-0.2, -0.15) is 0 Å². The van der Waals surface area contributed by atoms with Crippen molar-refractivity contribution in [3.63, 3.8) is 0 Å². The van der Waals surface area contributed by atoms with Gasteiger partial charge >= 0.3 is 0 Å². The van der Waals surface area contributed by atoms with Crippen LogP contribution in [0, 0.1) is 6.92 Å². The predicted octanol–water partition coefficient (Wildman–Crippen LogP) is 2.16. The maximum atomic E-state index is 12.1. The van der Waals surface area contributed by atoms with E-state index in [1.54, 1.807) is 12.1 Å². The molecule has 0 heterocycles. The fourth-order valence-electron chi connectivity index (χ4n) is 1.38. The van der Waals surface area contributed by atoms with Gasteiger partial charge in [-0.15, -0.1) is 11.6 Å². The number of alkyl halides is 1. The number of halogens is 1. The van der Waals surface area contributed by atoms with E-state index in [1.807, 2.05) is 6.92 Å². The molecule has 0 fully saturated rings. The molecule has 0 aliphatic heterocycles. The maximum absolute atomic E-state index is 12.1. The first-order valence-electron chi connectivity index (χ1n) is 5.54. The molecule has 100 valence electrons. The minimum Gasteiger partial charge on any atom is -0.274 e. The summed E-state index contributed by atoms with van der Waals surface area (Å²) in [5.74, 6) is -0.110. The second-order valence-electron chi connectivity index (χ2n) is 3.97. The third kappa shape index (κ3) is 3.46. The first-order chi connectivity index (χ1) is 8.39. The van der Waals surface area contributed by atoms with Gasteiger partial charge in [-0.05, 0) is 25.5 Å². The van der Waals surface area contributed by atoms with Crippen LogP contribution in [0.25, 0.3) is 0 Å². The summed E-state index contributed by atoms with van der Waals surface area (Å²) < 4.78 is 25.0. The van der Waals surface area contributed by atoms with E-state index in [1.165, 1.54) is 19.2 Å². The zero-order valence-electron chi connectivity index (χ0n) is 10.4. The molecule has 0 N–H and O–H groups in total. The van der Waals surface area contributed by atoms with Gasteiger partial charge in [0.25, 0.3) is 10.0 Å². The third-order valence-corrected chi connectivity index (χ3v) is 4.61. The number of rotatable bonds is 5. The van der Waals surface area contributed by atoms with Crippen molar-refractivity contribution in [2.24, 2.45) is 0 Å². The molecule has 0 unspecified atom stereocenters. The topological polar surface area (TPSA) is 54.5 Å². The molecule has 0 aliphatic carbocycles. The zero-order valence-corrected chi connectivity index (χ0v) is 12.0. The lowest BCUT2D eigenvalue weighted by Gasteiger charge is -2.17. The summed E-state index contributed by atoms with van der Waals surface area (Å²) in [6.45, 7) is 1.87. The van der Waals surface area contributed by atoms with Gasteiger partial charge in [-0.1, -0.05) is 17.7 Å². The van der Waals surface area contributed by atoms with Gasteiger partial charge in [0, 0.05) is 19.3 Å². The Balaban J connectivity index is 2.92. The summed E-state index contributed by atoms with van der Waals surface area (Å²) >= 11 is 5.48. The summed E-state index contributed by atoms with van der Waals surface area (Å²) in [5, 5.41) is 0. The largest absolute Gasteiger partial charge is 0.274 e. The highest BCUT2D eigenvalue weighted by molar-refractivity contribution is 7.89. The highest BCUT2D eigenvalue weighted by atomic mass is 35.5. The maximum Gasteiger partial charge on any atom is 0.266 e. The molecule has 0 bridgehead atoms. The number of hydrogen-bond donors (Lipinski definition) is 0. The van der Waals surface area contributed by atoms with E-state index in [4.69, 9.17) is 11.6 Å². The van der Waals surface area contributed by atoms with Gasteiger partial charge < -0.3 is 0 Å². The number of carbonyl (C=O) groups is 1. The molecule has 0 atom stereocenters. The Labute approximate surface area is 113 Å².